The molecule has 5 nitrogen and oxygen atoms in total. The van der Waals surface area contributed by atoms with Gasteiger partial charge in [-0.15, -0.1) is 0 Å². The van der Waals surface area contributed by atoms with E-state index in [4.69, 9.17) is 0 Å². The summed E-state index contributed by atoms with van der Waals surface area (Å²) in [6.45, 7) is 3.86. The Bertz CT molecular complexity index is 1260. The summed E-state index contributed by atoms with van der Waals surface area (Å²) in [5.74, 6) is -1.56. The van der Waals surface area contributed by atoms with Gasteiger partial charge < -0.3 is 20.4 Å². The summed E-state index contributed by atoms with van der Waals surface area (Å²) in [6, 6.07) is 25.9. The first-order valence-corrected chi connectivity index (χ1v) is 12.0. The third kappa shape index (κ3) is 4.17. The lowest BCUT2D eigenvalue weighted by molar-refractivity contribution is -0.151. The fourth-order valence-electron chi connectivity index (χ4n) is 4.64. The van der Waals surface area contributed by atoms with Crippen LogP contribution in [0.4, 0.5) is 0 Å². The third-order valence-electron chi connectivity index (χ3n) is 6.76. The van der Waals surface area contributed by atoms with Crippen molar-refractivity contribution in [2.45, 2.75) is 37.9 Å². The number of benzene rings is 4. The lowest BCUT2D eigenvalue weighted by Crippen LogP contribution is -2.50. The van der Waals surface area contributed by atoms with Crippen molar-refractivity contribution in [3.8, 4) is 11.5 Å². The van der Waals surface area contributed by atoms with Crippen LogP contribution >= 0.6 is 0 Å². The maximum absolute atomic E-state index is 14.6. The molecular formula is C31H30O5. The second-order valence-corrected chi connectivity index (χ2v) is 8.89. The monoisotopic (exact) mass is 482 g/mol. The zero-order chi connectivity index (χ0) is 25.9. The number of aliphatic hydroxyl groups is 2. The van der Waals surface area contributed by atoms with Crippen LogP contribution in [0.25, 0.3) is 0 Å². The number of aryl methyl sites for hydroxylation is 2. The molecule has 4 aromatic carbocycles. The molecule has 2 unspecified atom stereocenters. The van der Waals surface area contributed by atoms with Crippen molar-refractivity contribution in [3.63, 3.8) is 0 Å². The van der Waals surface area contributed by atoms with Gasteiger partial charge in [0.1, 0.15) is 11.5 Å². The van der Waals surface area contributed by atoms with E-state index >= 15 is 0 Å². The quantitative estimate of drug-likeness (QED) is 0.284. The largest absolute Gasteiger partial charge is 0.508 e. The van der Waals surface area contributed by atoms with Gasteiger partial charge in [0.2, 0.25) is 5.78 Å². The average molecular weight is 483 g/mol. The first kappa shape index (κ1) is 25.2. The highest BCUT2D eigenvalue weighted by Gasteiger charge is 2.54. The van der Waals surface area contributed by atoms with E-state index in [0.717, 1.165) is 11.1 Å². The average Bonchev–Trinajstić information content (AvgIpc) is 2.92. The molecule has 36 heavy (non-hydrogen) atoms. The highest BCUT2D eigenvalue weighted by molar-refractivity contribution is 6.02. The van der Waals surface area contributed by atoms with Gasteiger partial charge in [0.15, 0.2) is 11.2 Å². The Morgan fingerprint density at radius 1 is 0.611 bits per heavy atom. The Morgan fingerprint density at radius 2 is 0.972 bits per heavy atom. The normalized spacial score (nSPS) is 14.6. The molecule has 0 saturated heterocycles. The zero-order valence-electron chi connectivity index (χ0n) is 20.3. The second-order valence-electron chi connectivity index (χ2n) is 8.89. The van der Waals surface area contributed by atoms with Gasteiger partial charge in [0.05, 0.1) is 0 Å². The van der Waals surface area contributed by atoms with E-state index in [-0.39, 0.29) is 33.8 Å². The van der Waals surface area contributed by atoms with Gasteiger partial charge in [0.25, 0.3) is 0 Å². The molecule has 0 radical (unpaired) electrons. The van der Waals surface area contributed by atoms with Crippen molar-refractivity contribution in [2.24, 2.45) is 0 Å². The lowest BCUT2D eigenvalue weighted by atomic mass is 9.70. The Labute approximate surface area is 210 Å². The Morgan fingerprint density at radius 3 is 1.28 bits per heavy atom. The van der Waals surface area contributed by atoms with E-state index in [0.29, 0.717) is 12.8 Å². The van der Waals surface area contributed by atoms with Crippen LogP contribution in [0.15, 0.2) is 97.1 Å². The van der Waals surface area contributed by atoms with Crippen LogP contribution in [-0.2, 0) is 28.8 Å². The number of carbonyl (C=O) groups excluding carboxylic acids is 1. The molecule has 0 saturated carbocycles. The van der Waals surface area contributed by atoms with E-state index in [2.05, 4.69) is 0 Å². The second kappa shape index (κ2) is 9.97. The molecule has 0 fully saturated rings. The Balaban J connectivity index is 2.04. The molecule has 0 amide bonds. The Kier molecular flexibility index (Phi) is 6.97. The van der Waals surface area contributed by atoms with Gasteiger partial charge in [0, 0.05) is 11.1 Å². The number of phenolic OH excluding ortho intramolecular Hbond substituents is 2. The number of phenols is 2. The van der Waals surface area contributed by atoms with Gasteiger partial charge in [-0.3, -0.25) is 4.79 Å². The minimum absolute atomic E-state index is 0.0603. The maximum Gasteiger partial charge on any atom is 0.214 e. The van der Waals surface area contributed by atoms with Gasteiger partial charge in [-0.25, -0.2) is 0 Å². The molecular weight excluding hydrogens is 452 g/mol. The summed E-state index contributed by atoms with van der Waals surface area (Å²) in [6.07, 6.45) is 1.30. The van der Waals surface area contributed by atoms with Gasteiger partial charge in [-0.1, -0.05) is 98.8 Å². The van der Waals surface area contributed by atoms with Crippen LogP contribution in [-0.4, -0.2) is 26.2 Å². The number of rotatable bonds is 8. The predicted octanol–water partition coefficient (Wildman–Crippen LogP) is 4.96. The van der Waals surface area contributed by atoms with Crippen LogP contribution in [0.2, 0.25) is 0 Å². The maximum atomic E-state index is 14.6. The molecule has 184 valence electrons. The van der Waals surface area contributed by atoms with E-state index in [9.17, 15) is 25.2 Å². The fraction of sp³-hybridized carbons (Fsp3) is 0.194. The Hall–Kier alpha value is -3.93. The van der Waals surface area contributed by atoms with Crippen LogP contribution < -0.4 is 0 Å². The minimum Gasteiger partial charge on any atom is -0.508 e. The fourth-order valence-corrected chi connectivity index (χ4v) is 4.64. The zero-order valence-corrected chi connectivity index (χ0v) is 20.3. The van der Waals surface area contributed by atoms with Crippen molar-refractivity contribution in [1.29, 1.82) is 0 Å². The summed E-state index contributed by atoms with van der Waals surface area (Å²) in [4.78, 5) is 14.6. The predicted molar refractivity (Wildman–Crippen MR) is 139 cm³/mol. The lowest BCUT2D eigenvalue weighted by Gasteiger charge is -2.37. The molecule has 5 heteroatoms. The van der Waals surface area contributed by atoms with Crippen molar-refractivity contribution in [2.75, 3.05) is 0 Å². The summed E-state index contributed by atoms with van der Waals surface area (Å²) in [5.41, 5.74) is -3.02. The molecule has 0 aromatic heterocycles. The molecule has 2 atom stereocenters. The number of aromatic hydroxyl groups is 2. The molecule has 4 aromatic rings. The van der Waals surface area contributed by atoms with Crippen molar-refractivity contribution < 1.29 is 25.2 Å². The number of carbonyl (C=O) groups is 1. The third-order valence-corrected chi connectivity index (χ3v) is 6.76. The topological polar surface area (TPSA) is 98.0 Å². The summed E-state index contributed by atoms with van der Waals surface area (Å²) >= 11 is 0. The summed E-state index contributed by atoms with van der Waals surface area (Å²) in [7, 11) is 0. The van der Waals surface area contributed by atoms with Crippen LogP contribution in [0.3, 0.4) is 0 Å². The smallest absolute Gasteiger partial charge is 0.214 e. The van der Waals surface area contributed by atoms with Crippen molar-refractivity contribution >= 4 is 5.78 Å². The van der Waals surface area contributed by atoms with Crippen LogP contribution in [0, 0.1) is 0 Å². The highest BCUT2D eigenvalue weighted by Crippen LogP contribution is 2.46. The van der Waals surface area contributed by atoms with E-state index in [1.54, 1.807) is 72.8 Å². The number of hydrogen-bond acceptors (Lipinski definition) is 5. The van der Waals surface area contributed by atoms with E-state index in [1.807, 2.05) is 13.8 Å². The first-order chi connectivity index (χ1) is 17.3. The van der Waals surface area contributed by atoms with E-state index in [1.165, 1.54) is 24.3 Å². The molecule has 4 N–H and O–H groups in total. The molecule has 4 rings (SSSR count). The first-order valence-electron chi connectivity index (χ1n) is 12.0. The van der Waals surface area contributed by atoms with Crippen LogP contribution in [0.5, 0.6) is 11.5 Å². The van der Waals surface area contributed by atoms with Crippen molar-refractivity contribution in [1.82, 2.24) is 0 Å². The molecule has 0 spiro atoms. The number of Topliss-reactive ketones (excluding diaryl/α,β-unsaturated/α-hetero) is 1. The van der Waals surface area contributed by atoms with E-state index < -0.39 is 17.0 Å². The standard InChI is InChI=1S/C31H30O5/c1-3-21-15-17-25(27(32)19-21)30(35,23-11-7-5-8-12-23)29(34)31(36,24-13-9-6-10-14-24)26-18-16-22(4-2)20-28(26)33/h5-20,32-33,35-36H,3-4H2,1-2H3. The highest BCUT2D eigenvalue weighted by atomic mass is 16.3. The number of ketones is 1. The summed E-state index contributed by atoms with van der Waals surface area (Å²) in [5, 5.41) is 46.4. The molecule has 0 bridgehead atoms. The van der Waals surface area contributed by atoms with Gasteiger partial charge in [-0.2, -0.15) is 0 Å². The molecule has 0 aliphatic rings. The van der Waals surface area contributed by atoms with Gasteiger partial charge >= 0.3 is 0 Å². The molecule has 0 aliphatic heterocycles. The number of hydrogen-bond donors (Lipinski definition) is 4. The molecule has 0 heterocycles. The van der Waals surface area contributed by atoms with Gasteiger partial charge in [-0.05, 0) is 47.2 Å². The van der Waals surface area contributed by atoms with Crippen molar-refractivity contribution in [3.05, 3.63) is 130 Å². The van der Waals surface area contributed by atoms with Crippen LogP contribution in [0.1, 0.15) is 47.2 Å². The molecule has 0 aliphatic carbocycles. The summed E-state index contributed by atoms with van der Waals surface area (Å²) < 4.78 is 0. The minimum atomic E-state index is -2.45. The SMILES string of the molecule is CCc1ccc(C(O)(C(=O)C(O)(c2ccccc2)c2ccc(CC)cc2O)c2ccccc2)c(O)c1.